The molecule has 44 heavy (non-hydrogen) atoms. The number of aliphatic carboxylic acids is 1. The van der Waals surface area contributed by atoms with Crippen molar-refractivity contribution in [2.24, 2.45) is 0 Å². The Bertz CT molecular complexity index is 590. The fourth-order valence-electron chi connectivity index (χ4n) is 6.36. The van der Waals surface area contributed by atoms with Gasteiger partial charge >= 0.3 is 11.9 Å². The molecule has 0 amide bonds. The van der Waals surface area contributed by atoms with Gasteiger partial charge in [0.25, 0.3) is 0 Å². The van der Waals surface area contributed by atoms with Gasteiger partial charge in [0.15, 0.2) is 0 Å². The molecular formula is C40H78O4. The lowest BCUT2D eigenvalue weighted by Gasteiger charge is -2.18. The number of carboxylic acids is 1. The van der Waals surface area contributed by atoms with E-state index in [4.69, 9.17) is 9.84 Å². The quantitative estimate of drug-likeness (QED) is 0.0553. The van der Waals surface area contributed by atoms with Gasteiger partial charge in [0.05, 0.1) is 0 Å². The number of hydrogen-bond donors (Lipinski definition) is 1. The molecule has 1 unspecified atom stereocenters. The Morgan fingerprint density at radius 3 is 1.00 bits per heavy atom. The largest absolute Gasteiger partial charge is 0.481 e. The number of carbonyl (C=O) groups is 2. The van der Waals surface area contributed by atoms with Gasteiger partial charge in [-0.15, -0.1) is 0 Å². The fraction of sp³-hybridized carbons (Fsp3) is 0.950. The van der Waals surface area contributed by atoms with Crippen LogP contribution in [0.5, 0.6) is 0 Å². The molecule has 1 N–H and O–H groups in total. The normalized spacial score (nSPS) is 12.0. The summed E-state index contributed by atoms with van der Waals surface area (Å²) in [6.45, 7) is 4.54. The zero-order valence-corrected chi connectivity index (χ0v) is 30.0. The Kier molecular flexibility index (Phi) is 35.5. The molecule has 262 valence electrons. The van der Waals surface area contributed by atoms with Gasteiger partial charge in [0.1, 0.15) is 6.10 Å². The van der Waals surface area contributed by atoms with E-state index in [0.717, 1.165) is 57.8 Å². The summed E-state index contributed by atoms with van der Waals surface area (Å²) in [4.78, 5) is 23.3. The van der Waals surface area contributed by atoms with Gasteiger partial charge in [-0.3, -0.25) is 9.59 Å². The third-order valence-corrected chi connectivity index (χ3v) is 9.33. The molecule has 0 saturated carbocycles. The van der Waals surface area contributed by atoms with E-state index < -0.39 is 5.97 Å². The molecule has 4 nitrogen and oxygen atoms in total. The predicted molar refractivity (Wildman–Crippen MR) is 190 cm³/mol. The highest BCUT2D eigenvalue weighted by Gasteiger charge is 2.14. The molecule has 0 aliphatic carbocycles. The van der Waals surface area contributed by atoms with Crippen molar-refractivity contribution in [2.45, 2.75) is 245 Å². The molecule has 0 bridgehead atoms. The average Bonchev–Trinajstić information content (AvgIpc) is 3.01. The second-order valence-electron chi connectivity index (χ2n) is 13.8. The van der Waals surface area contributed by atoms with Crippen LogP contribution in [-0.2, 0) is 14.3 Å². The second kappa shape index (κ2) is 36.4. The van der Waals surface area contributed by atoms with Crippen LogP contribution in [0.15, 0.2) is 0 Å². The minimum Gasteiger partial charge on any atom is -0.481 e. The van der Waals surface area contributed by atoms with Gasteiger partial charge < -0.3 is 9.84 Å². The first-order valence-electron chi connectivity index (χ1n) is 20.0. The van der Waals surface area contributed by atoms with Crippen molar-refractivity contribution in [1.29, 1.82) is 0 Å². The SMILES string of the molecule is CCCCCCCCCCCCCCCCCCCCCCCC(=O)OC(CCCCCCCC)CCCCCCC(=O)O. The maximum Gasteiger partial charge on any atom is 0.306 e. The van der Waals surface area contributed by atoms with Gasteiger partial charge in [-0.1, -0.05) is 187 Å². The average molecular weight is 623 g/mol. The number of unbranched alkanes of at least 4 members (excludes halogenated alkanes) is 28. The van der Waals surface area contributed by atoms with Crippen molar-refractivity contribution in [3.05, 3.63) is 0 Å². The summed E-state index contributed by atoms with van der Waals surface area (Å²) < 4.78 is 5.93. The van der Waals surface area contributed by atoms with E-state index in [2.05, 4.69) is 13.8 Å². The van der Waals surface area contributed by atoms with Crippen LogP contribution in [0.4, 0.5) is 0 Å². The van der Waals surface area contributed by atoms with Gasteiger partial charge in [-0.2, -0.15) is 0 Å². The highest BCUT2D eigenvalue weighted by molar-refractivity contribution is 5.69. The predicted octanol–water partition coefficient (Wildman–Crippen LogP) is 13.7. The standard InChI is InChI=1S/C40H78O4/c1-3-5-7-9-11-12-13-14-15-16-17-18-19-20-21-22-23-24-25-27-33-37-40(43)44-38(34-30-26-10-8-6-4-2)35-31-28-29-32-36-39(41)42/h38H,3-37H2,1-2H3,(H,41,42). The molecule has 0 aromatic rings. The molecule has 0 radical (unpaired) electrons. The highest BCUT2D eigenvalue weighted by atomic mass is 16.5. The molecule has 0 heterocycles. The zero-order chi connectivity index (χ0) is 32.2. The van der Waals surface area contributed by atoms with Crippen LogP contribution < -0.4 is 0 Å². The van der Waals surface area contributed by atoms with Crippen LogP contribution in [0, 0.1) is 0 Å². The number of carbonyl (C=O) groups excluding carboxylic acids is 1. The minimum absolute atomic E-state index is 0.00957. The van der Waals surface area contributed by atoms with Crippen molar-refractivity contribution in [1.82, 2.24) is 0 Å². The summed E-state index contributed by atoms with van der Waals surface area (Å²) in [5, 5.41) is 8.81. The third-order valence-electron chi connectivity index (χ3n) is 9.33. The third kappa shape index (κ3) is 35.4. The Hall–Kier alpha value is -1.06. The van der Waals surface area contributed by atoms with Gasteiger partial charge in [0.2, 0.25) is 0 Å². The Morgan fingerprint density at radius 2 is 0.682 bits per heavy atom. The summed E-state index contributed by atoms with van der Waals surface area (Å²) in [5.41, 5.74) is 0. The molecule has 0 aromatic carbocycles. The number of esters is 1. The van der Waals surface area contributed by atoms with Crippen molar-refractivity contribution in [2.75, 3.05) is 0 Å². The monoisotopic (exact) mass is 623 g/mol. The number of hydrogen-bond acceptors (Lipinski definition) is 3. The maximum atomic E-state index is 12.6. The Labute approximate surface area is 275 Å². The maximum absolute atomic E-state index is 12.6. The van der Waals surface area contributed by atoms with Crippen LogP contribution in [0.25, 0.3) is 0 Å². The van der Waals surface area contributed by atoms with Crippen molar-refractivity contribution in [3.8, 4) is 0 Å². The molecule has 0 saturated heterocycles. The number of rotatable bonds is 37. The lowest BCUT2D eigenvalue weighted by molar-refractivity contribution is -0.150. The lowest BCUT2D eigenvalue weighted by atomic mass is 10.0. The van der Waals surface area contributed by atoms with E-state index in [1.807, 2.05) is 0 Å². The van der Waals surface area contributed by atoms with E-state index in [1.54, 1.807) is 0 Å². The van der Waals surface area contributed by atoms with Gasteiger partial charge in [-0.05, 0) is 38.5 Å². The van der Waals surface area contributed by atoms with Crippen LogP contribution in [0.1, 0.15) is 239 Å². The summed E-state index contributed by atoms with van der Waals surface area (Å²) in [6.07, 6.45) is 42.9. The molecular weight excluding hydrogens is 544 g/mol. The lowest BCUT2D eigenvalue weighted by Crippen LogP contribution is -2.18. The summed E-state index contributed by atoms with van der Waals surface area (Å²) in [5.74, 6) is -0.718. The topological polar surface area (TPSA) is 63.6 Å². The van der Waals surface area contributed by atoms with Crippen molar-refractivity contribution >= 4 is 11.9 Å². The van der Waals surface area contributed by atoms with Crippen LogP contribution in [0.2, 0.25) is 0 Å². The minimum atomic E-state index is -0.708. The van der Waals surface area contributed by atoms with E-state index in [1.165, 1.54) is 154 Å². The second-order valence-corrected chi connectivity index (χ2v) is 13.8. The molecule has 0 fully saturated rings. The van der Waals surface area contributed by atoms with Crippen LogP contribution in [0.3, 0.4) is 0 Å². The first-order valence-corrected chi connectivity index (χ1v) is 20.0. The first kappa shape index (κ1) is 42.9. The fourth-order valence-corrected chi connectivity index (χ4v) is 6.36. The highest BCUT2D eigenvalue weighted by Crippen LogP contribution is 2.19. The Morgan fingerprint density at radius 1 is 0.409 bits per heavy atom. The van der Waals surface area contributed by atoms with E-state index in [0.29, 0.717) is 6.42 Å². The summed E-state index contributed by atoms with van der Waals surface area (Å²) >= 11 is 0. The van der Waals surface area contributed by atoms with Crippen molar-refractivity contribution in [3.63, 3.8) is 0 Å². The molecule has 4 heteroatoms. The molecule has 0 spiro atoms. The van der Waals surface area contributed by atoms with E-state index in [9.17, 15) is 9.59 Å². The zero-order valence-electron chi connectivity index (χ0n) is 30.0. The number of carboxylic acid groups (broad SMARTS) is 1. The van der Waals surface area contributed by atoms with Gasteiger partial charge in [0, 0.05) is 12.8 Å². The molecule has 0 rings (SSSR count). The molecule has 0 aromatic heterocycles. The van der Waals surface area contributed by atoms with Crippen molar-refractivity contribution < 1.29 is 19.4 Å². The van der Waals surface area contributed by atoms with Crippen LogP contribution in [-0.4, -0.2) is 23.1 Å². The smallest absolute Gasteiger partial charge is 0.306 e. The van der Waals surface area contributed by atoms with Gasteiger partial charge in [-0.25, -0.2) is 0 Å². The Balaban J connectivity index is 3.67. The van der Waals surface area contributed by atoms with E-state index in [-0.39, 0.29) is 18.5 Å². The molecule has 0 aliphatic rings. The summed E-state index contributed by atoms with van der Waals surface area (Å²) in [7, 11) is 0. The first-order chi connectivity index (χ1) is 21.6. The van der Waals surface area contributed by atoms with E-state index >= 15 is 0 Å². The summed E-state index contributed by atoms with van der Waals surface area (Å²) in [6, 6.07) is 0. The molecule has 0 aliphatic heterocycles. The van der Waals surface area contributed by atoms with Crippen LogP contribution >= 0.6 is 0 Å². The molecule has 1 atom stereocenters. The number of ether oxygens (including phenoxy) is 1.